The second-order valence-corrected chi connectivity index (χ2v) is 7.09. The van der Waals surface area contributed by atoms with Crippen molar-refractivity contribution in [3.8, 4) is 0 Å². The Hall–Kier alpha value is -1.85. The minimum Gasteiger partial charge on any atom is -0.361 e. The second-order valence-electron chi connectivity index (χ2n) is 7.09. The van der Waals surface area contributed by atoms with E-state index in [1.54, 1.807) is 17.9 Å². The molecule has 1 aliphatic rings. The number of aromatic nitrogens is 1. The van der Waals surface area contributed by atoms with Crippen LogP contribution < -0.4 is 0 Å². The van der Waals surface area contributed by atoms with Crippen molar-refractivity contribution < 1.29 is 14.1 Å². The molecule has 6 nitrogen and oxygen atoms in total. The Morgan fingerprint density at radius 2 is 1.82 bits per heavy atom. The Balaban J connectivity index is 1.95. The first-order valence-corrected chi connectivity index (χ1v) is 7.77. The van der Waals surface area contributed by atoms with Gasteiger partial charge >= 0.3 is 0 Å². The molecule has 0 spiro atoms. The number of aryl methyl sites for hydroxylation is 1. The summed E-state index contributed by atoms with van der Waals surface area (Å²) >= 11 is 0. The van der Waals surface area contributed by atoms with E-state index in [0.29, 0.717) is 44.1 Å². The van der Waals surface area contributed by atoms with Gasteiger partial charge in [0.1, 0.15) is 5.76 Å². The first-order valence-electron chi connectivity index (χ1n) is 7.77. The molecule has 1 aliphatic heterocycles. The topological polar surface area (TPSA) is 66.7 Å². The summed E-state index contributed by atoms with van der Waals surface area (Å²) in [6.45, 7) is 10.4. The standard InChI is InChI=1S/C16H25N3O3/c1-12-10-13(17-22-12)15(21)19-7-5-6-18(8-9-19)14(20)11-16(2,3)4/h10H,5-9,11H2,1-4H3. The van der Waals surface area contributed by atoms with Crippen LogP contribution in [-0.4, -0.2) is 52.9 Å². The van der Waals surface area contributed by atoms with Gasteiger partial charge in [0, 0.05) is 38.7 Å². The summed E-state index contributed by atoms with van der Waals surface area (Å²) in [6, 6.07) is 1.65. The van der Waals surface area contributed by atoms with E-state index < -0.39 is 0 Å². The molecule has 6 heteroatoms. The van der Waals surface area contributed by atoms with Crippen LogP contribution in [0.1, 0.15) is 49.9 Å². The van der Waals surface area contributed by atoms with E-state index in [0.717, 1.165) is 6.42 Å². The minimum atomic E-state index is -0.123. The summed E-state index contributed by atoms with van der Waals surface area (Å²) in [5, 5.41) is 3.78. The number of nitrogens with zero attached hydrogens (tertiary/aromatic N) is 3. The summed E-state index contributed by atoms with van der Waals surface area (Å²) < 4.78 is 4.96. The maximum absolute atomic E-state index is 12.4. The number of hydrogen-bond acceptors (Lipinski definition) is 4. The first-order chi connectivity index (χ1) is 10.3. The van der Waals surface area contributed by atoms with Gasteiger partial charge in [0.15, 0.2) is 5.69 Å². The molecular formula is C16H25N3O3. The lowest BCUT2D eigenvalue weighted by atomic mass is 9.91. The van der Waals surface area contributed by atoms with Crippen molar-refractivity contribution in [1.29, 1.82) is 0 Å². The van der Waals surface area contributed by atoms with E-state index in [-0.39, 0.29) is 17.2 Å². The highest BCUT2D eigenvalue weighted by molar-refractivity contribution is 5.92. The van der Waals surface area contributed by atoms with Gasteiger partial charge in [0.25, 0.3) is 5.91 Å². The molecule has 2 heterocycles. The predicted octanol–water partition coefficient (Wildman–Crippen LogP) is 2.09. The highest BCUT2D eigenvalue weighted by Crippen LogP contribution is 2.20. The molecule has 0 unspecified atom stereocenters. The lowest BCUT2D eigenvalue weighted by Gasteiger charge is -2.25. The van der Waals surface area contributed by atoms with Crippen LogP contribution in [0.15, 0.2) is 10.6 Å². The molecule has 0 bridgehead atoms. The fraction of sp³-hybridized carbons (Fsp3) is 0.688. The van der Waals surface area contributed by atoms with Gasteiger partial charge < -0.3 is 14.3 Å². The van der Waals surface area contributed by atoms with E-state index in [2.05, 4.69) is 25.9 Å². The Kier molecular flexibility index (Phi) is 4.88. The van der Waals surface area contributed by atoms with Crippen LogP contribution in [0.25, 0.3) is 0 Å². The third kappa shape index (κ3) is 4.32. The molecular weight excluding hydrogens is 282 g/mol. The molecule has 122 valence electrons. The molecule has 1 aromatic rings. The Labute approximate surface area is 131 Å². The highest BCUT2D eigenvalue weighted by atomic mass is 16.5. The van der Waals surface area contributed by atoms with Gasteiger partial charge in [-0.05, 0) is 18.8 Å². The molecule has 0 atom stereocenters. The van der Waals surface area contributed by atoms with Crippen LogP contribution in [0, 0.1) is 12.3 Å². The molecule has 1 saturated heterocycles. The van der Waals surface area contributed by atoms with Crippen molar-refractivity contribution >= 4 is 11.8 Å². The summed E-state index contributed by atoms with van der Waals surface area (Å²) in [5.74, 6) is 0.668. The average molecular weight is 307 g/mol. The first kappa shape index (κ1) is 16.5. The van der Waals surface area contributed by atoms with Gasteiger partial charge in [0.2, 0.25) is 5.91 Å². The zero-order valence-corrected chi connectivity index (χ0v) is 13.9. The van der Waals surface area contributed by atoms with E-state index in [1.165, 1.54) is 0 Å². The number of amides is 2. The quantitative estimate of drug-likeness (QED) is 0.839. The van der Waals surface area contributed by atoms with E-state index >= 15 is 0 Å². The van der Waals surface area contributed by atoms with Crippen LogP contribution >= 0.6 is 0 Å². The molecule has 1 fully saturated rings. The van der Waals surface area contributed by atoms with Crippen LogP contribution in [-0.2, 0) is 4.79 Å². The van der Waals surface area contributed by atoms with Crippen molar-refractivity contribution in [1.82, 2.24) is 15.0 Å². The van der Waals surface area contributed by atoms with Gasteiger partial charge in [0.05, 0.1) is 0 Å². The van der Waals surface area contributed by atoms with Crippen LogP contribution in [0.3, 0.4) is 0 Å². The lowest BCUT2D eigenvalue weighted by molar-refractivity contribution is -0.132. The molecule has 2 amide bonds. The van der Waals surface area contributed by atoms with Crippen molar-refractivity contribution in [3.05, 3.63) is 17.5 Å². The minimum absolute atomic E-state index is 0.0167. The zero-order chi connectivity index (χ0) is 16.3. The van der Waals surface area contributed by atoms with Gasteiger partial charge in [-0.25, -0.2) is 0 Å². The van der Waals surface area contributed by atoms with Gasteiger partial charge in [-0.3, -0.25) is 9.59 Å². The number of carbonyl (C=O) groups excluding carboxylic acids is 2. The third-order valence-corrected chi connectivity index (χ3v) is 3.66. The normalized spacial score (nSPS) is 16.5. The monoisotopic (exact) mass is 307 g/mol. The molecule has 0 N–H and O–H groups in total. The SMILES string of the molecule is Cc1cc(C(=O)N2CCCN(C(=O)CC(C)(C)C)CC2)no1. The number of hydrogen-bond donors (Lipinski definition) is 0. The van der Waals surface area contributed by atoms with Gasteiger partial charge in [-0.15, -0.1) is 0 Å². The molecule has 0 aromatic carbocycles. The van der Waals surface area contributed by atoms with Gasteiger partial charge in [-0.1, -0.05) is 25.9 Å². The smallest absolute Gasteiger partial charge is 0.276 e. The number of rotatable bonds is 2. The third-order valence-electron chi connectivity index (χ3n) is 3.66. The molecule has 22 heavy (non-hydrogen) atoms. The Morgan fingerprint density at radius 1 is 1.18 bits per heavy atom. The maximum atomic E-state index is 12.4. The zero-order valence-electron chi connectivity index (χ0n) is 13.9. The average Bonchev–Trinajstić information content (AvgIpc) is 2.70. The lowest BCUT2D eigenvalue weighted by Crippen LogP contribution is -2.38. The maximum Gasteiger partial charge on any atom is 0.276 e. The van der Waals surface area contributed by atoms with E-state index in [1.807, 2.05) is 4.90 Å². The van der Waals surface area contributed by atoms with Crippen molar-refractivity contribution in [3.63, 3.8) is 0 Å². The molecule has 0 aliphatic carbocycles. The molecule has 1 aromatic heterocycles. The summed E-state index contributed by atoms with van der Waals surface area (Å²) in [5.41, 5.74) is 0.323. The van der Waals surface area contributed by atoms with E-state index in [9.17, 15) is 9.59 Å². The van der Waals surface area contributed by atoms with Crippen molar-refractivity contribution in [2.45, 2.75) is 40.5 Å². The van der Waals surface area contributed by atoms with Crippen LogP contribution in [0.5, 0.6) is 0 Å². The Bertz CT molecular complexity index is 545. The summed E-state index contributed by atoms with van der Waals surface area (Å²) in [6.07, 6.45) is 1.32. The molecule has 2 rings (SSSR count). The largest absolute Gasteiger partial charge is 0.361 e. The Morgan fingerprint density at radius 3 is 2.41 bits per heavy atom. The summed E-state index contributed by atoms with van der Waals surface area (Å²) in [4.78, 5) is 28.3. The number of carbonyl (C=O) groups is 2. The fourth-order valence-electron chi connectivity index (χ4n) is 2.56. The van der Waals surface area contributed by atoms with Crippen LogP contribution in [0.4, 0.5) is 0 Å². The predicted molar refractivity (Wildman–Crippen MR) is 82.4 cm³/mol. The van der Waals surface area contributed by atoms with Gasteiger partial charge in [-0.2, -0.15) is 0 Å². The molecule has 0 saturated carbocycles. The summed E-state index contributed by atoms with van der Waals surface area (Å²) in [7, 11) is 0. The fourth-order valence-corrected chi connectivity index (χ4v) is 2.56. The molecule has 0 radical (unpaired) electrons. The second kappa shape index (κ2) is 6.50. The van der Waals surface area contributed by atoms with Crippen molar-refractivity contribution in [2.75, 3.05) is 26.2 Å². The van der Waals surface area contributed by atoms with Crippen LogP contribution in [0.2, 0.25) is 0 Å². The highest BCUT2D eigenvalue weighted by Gasteiger charge is 2.26. The van der Waals surface area contributed by atoms with E-state index in [4.69, 9.17) is 4.52 Å². The van der Waals surface area contributed by atoms with Crippen molar-refractivity contribution in [2.24, 2.45) is 5.41 Å².